The van der Waals surface area contributed by atoms with Crippen LogP contribution in [0.5, 0.6) is 0 Å². The summed E-state index contributed by atoms with van der Waals surface area (Å²) in [6.07, 6.45) is 1.79. The second-order valence-corrected chi connectivity index (χ2v) is 6.66. The van der Waals surface area contributed by atoms with Crippen molar-refractivity contribution in [1.82, 2.24) is 4.90 Å². The van der Waals surface area contributed by atoms with Crippen molar-refractivity contribution in [3.05, 3.63) is 46.7 Å². The van der Waals surface area contributed by atoms with Crippen molar-refractivity contribution in [2.75, 3.05) is 18.9 Å². The number of nitrogens with zero attached hydrogens (tertiary/aromatic N) is 2. The Balaban J connectivity index is 1.80. The fraction of sp³-hybridized carbons (Fsp3) is 0.412. The lowest BCUT2D eigenvalue weighted by Crippen LogP contribution is -2.40. The third kappa shape index (κ3) is 2.07. The lowest BCUT2D eigenvalue weighted by atomic mass is 9.84. The molecule has 5 heteroatoms. The van der Waals surface area contributed by atoms with Crippen LogP contribution in [-0.2, 0) is 16.1 Å². The smallest absolute Gasteiger partial charge is 0.223 e. The number of carbonyl (C=O) groups is 1. The van der Waals surface area contributed by atoms with Crippen LogP contribution in [0.3, 0.4) is 0 Å². The first-order chi connectivity index (χ1) is 10.8. The Bertz CT molecular complexity index is 696. The van der Waals surface area contributed by atoms with E-state index in [-0.39, 0.29) is 11.2 Å². The van der Waals surface area contributed by atoms with Crippen LogP contribution >= 0.6 is 11.8 Å². The lowest BCUT2D eigenvalue weighted by Gasteiger charge is -2.42. The van der Waals surface area contributed by atoms with Crippen LogP contribution in [0, 0.1) is 0 Å². The maximum atomic E-state index is 12.2. The van der Waals surface area contributed by atoms with Gasteiger partial charge in [0.1, 0.15) is 6.61 Å². The van der Waals surface area contributed by atoms with Gasteiger partial charge in [-0.15, -0.1) is 0 Å². The summed E-state index contributed by atoms with van der Waals surface area (Å²) in [5.41, 5.74) is 5.56. The SMILES string of the molecule is CCO/N=C1\CC2c3ccccc3CCN2C2=C1C(=O)SC2. The van der Waals surface area contributed by atoms with Gasteiger partial charge in [-0.1, -0.05) is 41.2 Å². The van der Waals surface area contributed by atoms with E-state index in [0.29, 0.717) is 6.61 Å². The third-order valence-corrected chi connectivity index (χ3v) is 5.45. The molecule has 3 aliphatic rings. The molecule has 1 aromatic carbocycles. The molecule has 0 aliphatic carbocycles. The molecule has 0 saturated heterocycles. The molecule has 3 aliphatic heterocycles. The van der Waals surface area contributed by atoms with Crippen molar-refractivity contribution in [2.45, 2.75) is 25.8 Å². The van der Waals surface area contributed by atoms with Crippen LogP contribution < -0.4 is 0 Å². The van der Waals surface area contributed by atoms with Gasteiger partial charge in [-0.25, -0.2) is 0 Å². The molecule has 3 heterocycles. The van der Waals surface area contributed by atoms with Gasteiger partial charge in [-0.3, -0.25) is 4.79 Å². The highest BCUT2D eigenvalue weighted by Crippen LogP contribution is 2.44. The molecule has 4 rings (SSSR count). The van der Waals surface area contributed by atoms with Crippen molar-refractivity contribution in [2.24, 2.45) is 5.16 Å². The first kappa shape index (κ1) is 13.9. The van der Waals surface area contributed by atoms with Crippen molar-refractivity contribution in [3.8, 4) is 0 Å². The van der Waals surface area contributed by atoms with E-state index in [2.05, 4.69) is 34.3 Å². The van der Waals surface area contributed by atoms with Gasteiger partial charge in [0.2, 0.25) is 5.12 Å². The molecule has 4 nitrogen and oxygen atoms in total. The summed E-state index contributed by atoms with van der Waals surface area (Å²) in [6.45, 7) is 3.42. The second kappa shape index (κ2) is 5.47. The molecule has 0 radical (unpaired) electrons. The summed E-state index contributed by atoms with van der Waals surface area (Å²) in [4.78, 5) is 19.9. The molecule has 0 N–H and O–H groups in total. The van der Waals surface area contributed by atoms with E-state index in [1.54, 1.807) is 0 Å². The number of fused-ring (bicyclic) bond motifs is 4. The normalized spacial score (nSPS) is 25.1. The molecule has 114 valence electrons. The Morgan fingerprint density at radius 2 is 2.27 bits per heavy atom. The number of benzene rings is 1. The molecule has 0 spiro atoms. The Kier molecular flexibility index (Phi) is 3.45. The number of carbonyl (C=O) groups excluding carboxylic acids is 1. The zero-order chi connectivity index (χ0) is 15.1. The number of oxime groups is 1. The van der Waals surface area contributed by atoms with Gasteiger partial charge in [0.05, 0.1) is 17.3 Å². The van der Waals surface area contributed by atoms with E-state index in [4.69, 9.17) is 4.84 Å². The fourth-order valence-electron chi connectivity index (χ4n) is 3.61. The van der Waals surface area contributed by atoms with Gasteiger partial charge >= 0.3 is 0 Å². The quantitative estimate of drug-likeness (QED) is 0.787. The molecule has 1 unspecified atom stereocenters. The van der Waals surface area contributed by atoms with E-state index >= 15 is 0 Å². The van der Waals surface area contributed by atoms with Crippen molar-refractivity contribution in [1.29, 1.82) is 0 Å². The van der Waals surface area contributed by atoms with Crippen molar-refractivity contribution in [3.63, 3.8) is 0 Å². The Hall–Kier alpha value is -1.75. The molecule has 1 atom stereocenters. The topological polar surface area (TPSA) is 41.9 Å². The summed E-state index contributed by atoms with van der Waals surface area (Å²) in [6, 6.07) is 8.91. The minimum atomic E-state index is 0.144. The average molecular weight is 314 g/mol. The minimum Gasteiger partial charge on any atom is -0.396 e. The van der Waals surface area contributed by atoms with E-state index < -0.39 is 0 Å². The van der Waals surface area contributed by atoms with E-state index in [1.165, 1.54) is 22.9 Å². The molecule has 1 aromatic rings. The Morgan fingerprint density at radius 3 is 3.14 bits per heavy atom. The highest BCUT2D eigenvalue weighted by molar-refractivity contribution is 8.14. The van der Waals surface area contributed by atoms with E-state index in [9.17, 15) is 4.79 Å². The van der Waals surface area contributed by atoms with Crippen LogP contribution in [-0.4, -0.2) is 34.6 Å². The van der Waals surface area contributed by atoms with Gasteiger partial charge in [-0.05, 0) is 24.5 Å². The molecular weight excluding hydrogens is 296 g/mol. The molecule has 22 heavy (non-hydrogen) atoms. The monoisotopic (exact) mass is 314 g/mol. The largest absolute Gasteiger partial charge is 0.396 e. The summed E-state index contributed by atoms with van der Waals surface area (Å²) in [7, 11) is 0. The first-order valence-corrected chi connectivity index (χ1v) is 8.72. The standard InChI is InChI=1S/C17H18N2O2S/c1-2-21-18-13-9-14-12-6-4-3-5-11(12)7-8-19(14)15-10-22-17(20)16(13)15/h3-6,14H,2,7-10H2,1H3/b18-13+. The fourth-order valence-corrected chi connectivity index (χ4v) is 4.57. The number of rotatable bonds is 2. The number of hydrogen-bond acceptors (Lipinski definition) is 5. The van der Waals surface area contributed by atoms with Gasteiger partial charge < -0.3 is 9.74 Å². The van der Waals surface area contributed by atoms with Gasteiger partial charge in [0.25, 0.3) is 0 Å². The Labute approximate surface area is 134 Å². The summed E-state index contributed by atoms with van der Waals surface area (Å²) in [5, 5.41) is 4.40. The second-order valence-electron chi connectivity index (χ2n) is 5.72. The highest BCUT2D eigenvalue weighted by atomic mass is 32.2. The van der Waals surface area contributed by atoms with E-state index in [0.717, 1.165) is 42.1 Å². The first-order valence-electron chi connectivity index (χ1n) is 7.73. The zero-order valence-electron chi connectivity index (χ0n) is 12.5. The van der Waals surface area contributed by atoms with Crippen molar-refractivity contribution < 1.29 is 9.63 Å². The van der Waals surface area contributed by atoms with Gasteiger partial charge in [-0.2, -0.15) is 0 Å². The Morgan fingerprint density at radius 1 is 1.41 bits per heavy atom. The highest BCUT2D eigenvalue weighted by Gasteiger charge is 2.42. The van der Waals surface area contributed by atoms with Crippen molar-refractivity contribution >= 4 is 22.6 Å². The van der Waals surface area contributed by atoms with E-state index in [1.807, 2.05) is 6.92 Å². The van der Waals surface area contributed by atoms with Crippen LogP contribution in [0.4, 0.5) is 0 Å². The molecule has 0 amide bonds. The zero-order valence-corrected chi connectivity index (χ0v) is 13.4. The molecule has 0 saturated carbocycles. The maximum absolute atomic E-state index is 12.2. The molecule has 0 bridgehead atoms. The predicted molar refractivity (Wildman–Crippen MR) is 87.8 cm³/mol. The van der Waals surface area contributed by atoms with Gasteiger partial charge in [0.15, 0.2) is 0 Å². The van der Waals surface area contributed by atoms with Crippen LogP contribution in [0.15, 0.2) is 40.7 Å². The minimum absolute atomic E-state index is 0.144. The third-order valence-electron chi connectivity index (χ3n) is 4.57. The number of hydrogen-bond donors (Lipinski definition) is 0. The number of thioether (sulfide) groups is 1. The molecule has 0 aromatic heterocycles. The summed E-state index contributed by atoms with van der Waals surface area (Å²) in [5.74, 6) is 0.762. The maximum Gasteiger partial charge on any atom is 0.223 e. The lowest BCUT2D eigenvalue weighted by molar-refractivity contribution is -0.107. The molecular formula is C17H18N2O2S. The average Bonchev–Trinajstić information content (AvgIpc) is 2.95. The predicted octanol–water partition coefficient (Wildman–Crippen LogP) is 2.91. The summed E-state index contributed by atoms with van der Waals surface area (Å²) >= 11 is 1.39. The van der Waals surface area contributed by atoms with Crippen LogP contribution in [0.1, 0.15) is 30.5 Å². The molecule has 0 fully saturated rings. The van der Waals surface area contributed by atoms with Crippen LogP contribution in [0.25, 0.3) is 0 Å². The van der Waals surface area contributed by atoms with Crippen LogP contribution in [0.2, 0.25) is 0 Å². The van der Waals surface area contributed by atoms with Gasteiger partial charge in [0, 0.05) is 24.4 Å². The summed E-state index contributed by atoms with van der Waals surface area (Å²) < 4.78 is 0.